The molecule has 0 saturated carbocycles. The number of amides is 1. The average molecular weight is 217 g/mol. The van der Waals surface area contributed by atoms with Crippen LogP contribution in [0.25, 0.3) is 0 Å². The molecule has 2 rings (SSSR count). The summed E-state index contributed by atoms with van der Waals surface area (Å²) in [6.45, 7) is 2.28. The van der Waals surface area contributed by atoms with Gasteiger partial charge in [0.25, 0.3) is 5.91 Å². The summed E-state index contributed by atoms with van der Waals surface area (Å²) in [7, 11) is 0. The summed E-state index contributed by atoms with van der Waals surface area (Å²) >= 11 is 0. The molecule has 0 radical (unpaired) electrons. The Labute approximate surface area is 94.9 Å². The molecule has 3 nitrogen and oxygen atoms in total. The Hall–Kier alpha value is -1.64. The molecule has 84 valence electrons. The van der Waals surface area contributed by atoms with E-state index in [1.165, 1.54) is 11.1 Å². The number of likely N-dealkylation sites (N-methyl/N-ethyl adjacent to an activating group) is 1. The molecular weight excluding hydrogens is 202 g/mol. The van der Waals surface area contributed by atoms with Crippen molar-refractivity contribution in [3.8, 4) is 0 Å². The van der Waals surface area contributed by atoms with Crippen molar-refractivity contribution in [3.05, 3.63) is 34.9 Å². The normalized spacial score (nSPS) is 13.3. The maximum atomic E-state index is 11.7. The molecule has 1 amide bonds. The van der Waals surface area contributed by atoms with Crippen molar-refractivity contribution in [2.24, 2.45) is 0 Å². The zero-order valence-corrected chi connectivity index (χ0v) is 9.38. The lowest BCUT2D eigenvalue weighted by Crippen LogP contribution is -2.30. The Morgan fingerprint density at radius 1 is 1.25 bits per heavy atom. The van der Waals surface area contributed by atoms with Crippen molar-refractivity contribution in [2.45, 2.75) is 26.2 Å². The first-order chi connectivity index (χ1) is 7.72. The van der Waals surface area contributed by atoms with Gasteiger partial charge in [-0.05, 0) is 43.4 Å². The number of carbonyl (C=O) groups is 2. The maximum absolute atomic E-state index is 11.7. The second kappa shape index (κ2) is 4.47. The van der Waals surface area contributed by atoms with Gasteiger partial charge in [0, 0.05) is 12.1 Å². The molecule has 3 heteroatoms. The van der Waals surface area contributed by atoms with Crippen molar-refractivity contribution in [1.82, 2.24) is 5.32 Å². The summed E-state index contributed by atoms with van der Waals surface area (Å²) in [6, 6.07) is 5.58. The quantitative estimate of drug-likeness (QED) is 0.616. The molecule has 0 aromatic heterocycles. The molecule has 0 atom stereocenters. The predicted molar refractivity (Wildman–Crippen MR) is 61.5 cm³/mol. The Balaban J connectivity index is 2.21. The second-order valence-electron chi connectivity index (χ2n) is 4.03. The summed E-state index contributed by atoms with van der Waals surface area (Å²) in [4.78, 5) is 23.1. The third kappa shape index (κ3) is 1.98. The fraction of sp³-hybridized carbons (Fsp3) is 0.385. The van der Waals surface area contributed by atoms with E-state index < -0.39 is 11.7 Å². The molecule has 0 heterocycles. The third-order valence-electron chi connectivity index (χ3n) is 2.90. The van der Waals surface area contributed by atoms with Gasteiger partial charge in [-0.2, -0.15) is 0 Å². The number of carbonyl (C=O) groups excluding carboxylic acids is 2. The SMILES string of the molecule is CCNC(=O)C(=O)c1ccc2c(c1)CCC2. The van der Waals surface area contributed by atoms with E-state index in [9.17, 15) is 9.59 Å². The summed E-state index contributed by atoms with van der Waals surface area (Å²) in [6.07, 6.45) is 3.25. The Bertz CT molecular complexity index is 438. The molecule has 0 spiro atoms. The first-order valence-corrected chi connectivity index (χ1v) is 5.66. The van der Waals surface area contributed by atoms with Crippen LogP contribution < -0.4 is 5.32 Å². The highest BCUT2D eigenvalue weighted by Gasteiger charge is 2.18. The first kappa shape index (κ1) is 10.9. The lowest BCUT2D eigenvalue weighted by atomic mass is 10.0. The molecule has 1 aliphatic carbocycles. The van der Waals surface area contributed by atoms with Gasteiger partial charge in [-0.25, -0.2) is 0 Å². The minimum atomic E-state index is -0.513. The molecule has 1 aromatic rings. The molecule has 0 unspecified atom stereocenters. The average Bonchev–Trinajstić information content (AvgIpc) is 2.75. The van der Waals surface area contributed by atoms with Crippen LogP contribution in [0, 0.1) is 0 Å². The highest BCUT2D eigenvalue weighted by molar-refractivity contribution is 6.42. The molecule has 1 aromatic carbocycles. The standard InChI is InChI=1S/C13H15NO2/c1-2-14-13(16)12(15)11-7-6-9-4-3-5-10(9)8-11/h6-8H,2-5H2,1H3,(H,14,16). The van der Waals surface area contributed by atoms with E-state index in [2.05, 4.69) is 5.32 Å². The van der Waals surface area contributed by atoms with Crippen LogP contribution in [-0.4, -0.2) is 18.2 Å². The van der Waals surface area contributed by atoms with Crippen molar-refractivity contribution >= 4 is 11.7 Å². The number of aryl methyl sites for hydroxylation is 2. The van der Waals surface area contributed by atoms with Crippen LogP contribution >= 0.6 is 0 Å². The number of fused-ring (bicyclic) bond motifs is 1. The summed E-state index contributed by atoms with van der Waals surface area (Å²) in [5.41, 5.74) is 3.04. The molecular formula is C13H15NO2. The Morgan fingerprint density at radius 2 is 2.00 bits per heavy atom. The fourth-order valence-corrected chi connectivity index (χ4v) is 2.08. The zero-order valence-electron chi connectivity index (χ0n) is 9.38. The van der Waals surface area contributed by atoms with Crippen molar-refractivity contribution in [2.75, 3.05) is 6.54 Å². The number of Topliss-reactive ketones (excluding diaryl/α,β-unsaturated/α-hetero) is 1. The van der Waals surface area contributed by atoms with Gasteiger partial charge in [-0.1, -0.05) is 12.1 Å². The number of nitrogens with one attached hydrogen (secondary N) is 1. The number of ketones is 1. The van der Waals surface area contributed by atoms with Crippen LogP contribution in [-0.2, 0) is 17.6 Å². The van der Waals surface area contributed by atoms with Gasteiger partial charge in [0.2, 0.25) is 5.78 Å². The topological polar surface area (TPSA) is 46.2 Å². The molecule has 0 bridgehead atoms. The summed E-state index contributed by atoms with van der Waals surface area (Å²) in [5, 5.41) is 2.52. The molecule has 16 heavy (non-hydrogen) atoms. The van der Waals surface area contributed by atoms with E-state index in [1.807, 2.05) is 12.1 Å². The monoisotopic (exact) mass is 217 g/mol. The van der Waals surface area contributed by atoms with Gasteiger partial charge in [-0.3, -0.25) is 9.59 Å². The number of hydrogen-bond donors (Lipinski definition) is 1. The zero-order chi connectivity index (χ0) is 11.5. The van der Waals surface area contributed by atoms with Crippen molar-refractivity contribution in [3.63, 3.8) is 0 Å². The highest BCUT2D eigenvalue weighted by atomic mass is 16.2. The lowest BCUT2D eigenvalue weighted by molar-refractivity contribution is -0.116. The molecule has 0 aliphatic heterocycles. The third-order valence-corrected chi connectivity index (χ3v) is 2.90. The van der Waals surface area contributed by atoms with Crippen molar-refractivity contribution < 1.29 is 9.59 Å². The van der Waals surface area contributed by atoms with E-state index in [4.69, 9.17) is 0 Å². The lowest BCUT2D eigenvalue weighted by Gasteiger charge is -2.04. The minimum Gasteiger partial charge on any atom is -0.349 e. The van der Waals surface area contributed by atoms with Crippen LogP contribution in [0.4, 0.5) is 0 Å². The molecule has 1 N–H and O–H groups in total. The van der Waals surface area contributed by atoms with E-state index in [0.29, 0.717) is 12.1 Å². The predicted octanol–water partition coefficient (Wildman–Crippen LogP) is 1.49. The first-order valence-electron chi connectivity index (χ1n) is 5.66. The van der Waals surface area contributed by atoms with Crippen LogP contribution in [0.5, 0.6) is 0 Å². The van der Waals surface area contributed by atoms with Gasteiger partial charge in [-0.15, -0.1) is 0 Å². The van der Waals surface area contributed by atoms with Crippen LogP contribution in [0.3, 0.4) is 0 Å². The molecule has 0 saturated heterocycles. The second-order valence-corrected chi connectivity index (χ2v) is 4.03. The Kier molecular flexibility index (Phi) is 3.04. The van der Waals surface area contributed by atoms with Crippen LogP contribution in [0.2, 0.25) is 0 Å². The van der Waals surface area contributed by atoms with Crippen LogP contribution in [0.15, 0.2) is 18.2 Å². The number of hydrogen-bond acceptors (Lipinski definition) is 2. The van der Waals surface area contributed by atoms with Gasteiger partial charge >= 0.3 is 0 Å². The summed E-state index contributed by atoms with van der Waals surface area (Å²) in [5.74, 6) is -0.947. The number of rotatable bonds is 3. The minimum absolute atomic E-state index is 0.434. The van der Waals surface area contributed by atoms with Gasteiger partial charge < -0.3 is 5.32 Å². The Morgan fingerprint density at radius 3 is 2.75 bits per heavy atom. The van der Waals surface area contributed by atoms with E-state index in [0.717, 1.165) is 19.3 Å². The highest BCUT2D eigenvalue weighted by Crippen LogP contribution is 2.22. The molecule has 1 aliphatic rings. The fourth-order valence-electron chi connectivity index (χ4n) is 2.08. The summed E-state index contributed by atoms with van der Waals surface area (Å²) < 4.78 is 0. The van der Waals surface area contributed by atoms with Gasteiger partial charge in [0.1, 0.15) is 0 Å². The smallest absolute Gasteiger partial charge is 0.292 e. The van der Waals surface area contributed by atoms with Crippen molar-refractivity contribution in [1.29, 1.82) is 0 Å². The van der Waals surface area contributed by atoms with Crippen LogP contribution in [0.1, 0.15) is 34.8 Å². The largest absolute Gasteiger partial charge is 0.349 e. The number of benzene rings is 1. The van der Waals surface area contributed by atoms with Gasteiger partial charge in [0.05, 0.1) is 0 Å². The molecule has 0 fully saturated rings. The maximum Gasteiger partial charge on any atom is 0.292 e. The van der Waals surface area contributed by atoms with E-state index in [-0.39, 0.29) is 0 Å². The van der Waals surface area contributed by atoms with Gasteiger partial charge in [0.15, 0.2) is 0 Å². The van der Waals surface area contributed by atoms with E-state index in [1.54, 1.807) is 13.0 Å². The van der Waals surface area contributed by atoms with E-state index >= 15 is 0 Å².